The quantitative estimate of drug-likeness (QED) is 0.717. The Bertz CT molecular complexity index is 975. The fraction of sp³-hybridized carbons (Fsp3) is 0.0909. The fourth-order valence-corrected chi connectivity index (χ4v) is 2.94. The number of alkyl carbamates (subject to hydrolysis) is 1. The molecular weight excluding hydrogens is 324 g/mol. The summed E-state index contributed by atoms with van der Waals surface area (Å²) in [5, 5.41) is 2.87. The zero-order chi connectivity index (χ0) is 17.8. The number of pyridine rings is 1. The molecule has 1 fully saturated rings. The molecule has 126 valence electrons. The van der Waals surface area contributed by atoms with Gasteiger partial charge >= 0.3 is 6.09 Å². The van der Waals surface area contributed by atoms with Gasteiger partial charge in [0.2, 0.25) is 0 Å². The maximum atomic E-state index is 11.8. The lowest BCUT2D eigenvalue weighted by atomic mass is 9.97. The molecule has 0 aliphatic carbocycles. The van der Waals surface area contributed by atoms with Crippen molar-refractivity contribution in [2.45, 2.75) is 12.1 Å². The first-order valence-corrected chi connectivity index (χ1v) is 8.34. The molecule has 4 rings (SSSR count). The number of carbonyl (C=O) groups excluding carboxylic acids is 1. The van der Waals surface area contributed by atoms with Gasteiger partial charge in [-0.1, -0.05) is 60.4 Å². The van der Waals surface area contributed by atoms with E-state index in [0.29, 0.717) is 0 Å². The van der Waals surface area contributed by atoms with E-state index in [0.717, 1.165) is 22.3 Å². The number of hydrogen-bond acceptors (Lipinski definition) is 3. The molecule has 1 amide bonds. The number of benzene rings is 2. The summed E-state index contributed by atoms with van der Waals surface area (Å²) >= 11 is 0. The van der Waals surface area contributed by atoms with Gasteiger partial charge in [-0.2, -0.15) is 0 Å². The first-order valence-electron chi connectivity index (χ1n) is 8.34. The summed E-state index contributed by atoms with van der Waals surface area (Å²) in [6.45, 7) is 0. The highest BCUT2D eigenvalue weighted by Crippen LogP contribution is 2.36. The number of cyclic esters (lactones) is 1. The van der Waals surface area contributed by atoms with Crippen molar-refractivity contribution in [1.29, 1.82) is 0 Å². The van der Waals surface area contributed by atoms with Crippen LogP contribution in [-0.2, 0) is 4.74 Å². The number of nitrogens with one attached hydrogen (secondary N) is 1. The van der Waals surface area contributed by atoms with Gasteiger partial charge < -0.3 is 10.1 Å². The summed E-state index contributed by atoms with van der Waals surface area (Å²) in [4.78, 5) is 16.1. The van der Waals surface area contributed by atoms with Crippen LogP contribution in [0.15, 0.2) is 79.1 Å². The molecule has 0 bridgehead atoms. The molecular formula is C22H16N2O2. The minimum absolute atomic E-state index is 0.295. The van der Waals surface area contributed by atoms with Gasteiger partial charge in [0.1, 0.15) is 6.04 Å². The third-order valence-corrected chi connectivity index (χ3v) is 4.18. The van der Waals surface area contributed by atoms with Crippen molar-refractivity contribution in [2.75, 3.05) is 0 Å². The Kier molecular flexibility index (Phi) is 4.36. The number of aromatic nitrogens is 1. The van der Waals surface area contributed by atoms with Crippen LogP contribution in [0.5, 0.6) is 0 Å². The Morgan fingerprint density at radius 2 is 1.54 bits per heavy atom. The molecule has 26 heavy (non-hydrogen) atoms. The van der Waals surface area contributed by atoms with Crippen LogP contribution in [0.3, 0.4) is 0 Å². The predicted molar refractivity (Wildman–Crippen MR) is 98.2 cm³/mol. The van der Waals surface area contributed by atoms with Crippen LogP contribution >= 0.6 is 0 Å². The Morgan fingerprint density at radius 1 is 0.846 bits per heavy atom. The zero-order valence-electron chi connectivity index (χ0n) is 13.9. The normalized spacial score (nSPS) is 18.4. The van der Waals surface area contributed by atoms with Gasteiger partial charge in [0, 0.05) is 23.5 Å². The van der Waals surface area contributed by atoms with Gasteiger partial charge in [-0.25, -0.2) is 4.79 Å². The monoisotopic (exact) mass is 340 g/mol. The van der Waals surface area contributed by atoms with Crippen molar-refractivity contribution in [1.82, 2.24) is 10.3 Å². The van der Waals surface area contributed by atoms with E-state index in [9.17, 15) is 4.79 Å². The Balaban J connectivity index is 1.63. The summed E-state index contributed by atoms with van der Waals surface area (Å²) in [5.74, 6) is 6.25. The summed E-state index contributed by atoms with van der Waals surface area (Å²) in [6.07, 6.45) is 2.64. The van der Waals surface area contributed by atoms with Gasteiger partial charge in [0.15, 0.2) is 6.10 Å². The van der Waals surface area contributed by atoms with E-state index < -0.39 is 6.09 Å². The van der Waals surface area contributed by atoms with Crippen molar-refractivity contribution in [3.05, 3.63) is 101 Å². The number of amides is 1. The van der Waals surface area contributed by atoms with Crippen molar-refractivity contribution < 1.29 is 9.53 Å². The lowest BCUT2D eigenvalue weighted by Gasteiger charge is -2.17. The second-order valence-electron chi connectivity index (χ2n) is 5.98. The summed E-state index contributed by atoms with van der Waals surface area (Å²) in [5.41, 5.74) is 3.54. The van der Waals surface area contributed by atoms with Crippen LogP contribution in [0.2, 0.25) is 0 Å². The minimum atomic E-state index is -0.426. The van der Waals surface area contributed by atoms with Crippen LogP contribution in [0.4, 0.5) is 4.79 Å². The molecule has 0 saturated carbocycles. The SMILES string of the molecule is O=C1N[C@H](c2cncc(C#Cc3ccccc3)c2)[C@@H](c2ccccc2)O1. The third-order valence-electron chi connectivity index (χ3n) is 4.18. The highest BCUT2D eigenvalue weighted by atomic mass is 16.6. The molecule has 3 aromatic rings. The number of nitrogens with zero attached hydrogens (tertiary/aromatic N) is 1. The zero-order valence-corrected chi connectivity index (χ0v) is 13.9. The lowest BCUT2D eigenvalue weighted by Crippen LogP contribution is -2.19. The van der Waals surface area contributed by atoms with E-state index in [1.165, 1.54) is 0 Å². The lowest BCUT2D eigenvalue weighted by molar-refractivity contribution is 0.132. The average Bonchev–Trinajstić information content (AvgIpc) is 3.10. The van der Waals surface area contributed by atoms with Gasteiger partial charge in [-0.05, 0) is 29.3 Å². The van der Waals surface area contributed by atoms with E-state index in [1.54, 1.807) is 12.4 Å². The highest BCUT2D eigenvalue weighted by Gasteiger charge is 2.36. The van der Waals surface area contributed by atoms with Crippen molar-refractivity contribution in [2.24, 2.45) is 0 Å². The van der Waals surface area contributed by atoms with E-state index >= 15 is 0 Å². The molecule has 1 aromatic heterocycles. The number of ether oxygens (including phenoxy) is 1. The highest BCUT2D eigenvalue weighted by molar-refractivity contribution is 5.71. The first-order chi connectivity index (χ1) is 12.8. The second-order valence-corrected chi connectivity index (χ2v) is 5.98. The van der Waals surface area contributed by atoms with Crippen LogP contribution in [0.25, 0.3) is 0 Å². The topological polar surface area (TPSA) is 51.2 Å². The minimum Gasteiger partial charge on any atom is -0.439 e. The number of carbonyl (C=O) groups is 1. The smallest absolute Gasteiger partial charge is 0.408 e. The number of rotatable bonds is 2. The maximum absolute atomic E-state index is 11.8. The summed E-state index contributed by atoms with van der Waals surface area (Å²) < 4.78 is 5.47. The number of hydrogen-bond donors (Lipinski definition) is 1. The molecule has 2 atom stereocenters. The van der Waals surface area contributed by atoms with Gasteiger partial charge in [0.25, 0.3) is 0 Å². The standard InChI is InChI=1S/C22H16N2O2/c25-22-24-20(21(26-22)18-9-5-2-6-10-18)19-13-17(14-23-15-19)12-11-16-7-3-1-4-8-16/h1-10,13-15,20-21H,(H,24,25)/t20-,21-/m1/s1. The molecule has 0 unspecified atom stereocenters. The van der Waals surface area contributed by atoms with Crippen molar-refractivity contribution in [3.8, 4) is 11.8 Å². The van der Waals surface area contributed by atoms with Gasteiger partial charge in [0.05, 0.1) is 0 Å². The molecule has 0 spiro atoms. The van der Waals surface area contributed by atoms with Gasteiger partial charge in [-0.3, -0.25) is 4.98 Å². The molecule has 1 aliphatic rings. The van der Waals surface area contributed by atoms with Crippen LogP contribution in [0, 0.1) is 11.8 Å². The van der Waals surface area contributed by atoms with Crippen molar-refractivity contribution in [3.63, 3.8) is 0 Å². The molecule has 0 radical (unpaired) electrons. The van der Waals surface area contributed by atoms with E-state index in [2.05, 4.69) is 22.1 Å². The predicted octanol–water partition coefficient (Wildman–Crippen LogP) is 4.00. The summed E-state index contributed by atoms with van der Waals surface area (Å²) in [7, 11) is 0. The Morgan fingerprint density at radius 3 is 2.31 bits per heavy atom. The fourth-order valence-electron chi connectivity index (χ4n) is 2.94. The molecule has 2 aromatic carbocycles. The van der Waals surface area contributed by atoms with E-state index in [-0.39, 0.29) is 12.1 Å². The third kappa shape index (κ3) is 3.42. The Hall–Kier alpha value is -3.58. The maximum Gasteiger partial charge on any atom is 0.408 e. The van der Waals surface area contributed by atoms with Crippen molar-refractivity contribution >= 4 is 6.09 Å². The van der Waals surface area contributed by atoms with Crippen LogP contribution in [0.1, 0.15) is 34.4 Å². The average molecular weight is 340 g/mol. The Labute approximate surface area is 151 Å². The molecule has 4 heteroatoms. The van der Waals surface area contributed by atoms with E-state index in [4.69, 9.17) is 4.74 Å². The largest absolute Gasteiger partial charge is 0.439 e. The molecule has 1 saturated heterocycles. The molecule has 1 aliphatic heterocycles. The summed E-state index contributed by atoms with van der Waals surface area (Å²) in [6, 6.07) is 21.1. The molecule has 1 N–H and O–H groups in total. The first kappa shape index (κ1) is 15.9. The van der Waals surface area contributed by atoms with Crippen LogP contribution in [-0.4, -0.2) is 11.1 Å². The molecule has 2 heterocycles. The van der Waals surface area contributed by atoms with Gasteiger partial charge in [-0.15, -0.1) is 0 Å². The van der Waals surface area contributed by atoms with E-state index in [1.807, 2.05) is 66.7 Å². The molecule has 4 nitrogen and oxygen atoms in total. The second kappa shape index (κ2) is 7.12. The van der Waals surface area contributed by atoms with Crippen LogP contribution < -0.4 is 5.32 Å².